The maximum absolute atomic E-state index is 10.3. The molecule has 2 N–H and O–H groups in total. The third-order valence-electron chi connectivity index (χ3n) is 2.81. The Morgan fingerprint density at radius 2 is 2.00 bits per heavy atom. The molecule has 0 spiro atoms. The van der Waals surface area contributed by atoms with E-state index in [1.165, 1.54) is 0 Å². The molecule has 1 aliphatic rings. The van der Waals surface area contributed by atoms with Gasteiger partial charge in [-0.3, -0.25) is 0 Å². The first kappa shape index (κ1) is 9.49. The first-order chi connectivity index (χ1) is 6.56. The predicted molar refractivity (Wildman–Crippen MR) is 51.8 cm³/mol. The molecule has 3 heteroatoms. The highest BCUT2D eigenvalue weighted by molar-refractivity contribution is 5.42. The number of aliphatic hydroxyl groups excluding tert-OH is 1. The first-order valence-corrected chi connectivity index (χ1v) is 4.73. The second-order valence-corrected chi connectivity index (χ2v) is 3.95. The monoisotopic (exact) mass is 194 g/mol. The van der Waals surface area contributed by atoms with Crippen molar-refractivity contribution < 1.29 is 14.9 Å². The summed E-state index contributed by atoms with van der Waals surface area (Å²) < 4.78 is 5.19. The zero-order valence-corrected chi connectivity index (χ0v) is 8.27. The molecule has 76 valence electrons. The molecule has 0 saturated carbocycles. The standard InChI is InChI=1S/C11H14O3/c1-7(2)11(13)8-5-3-4-6-9(8)14-10(11)12/h3-7,10,12-13H,1-2H3. The number of fused-ring (bicyclic) bond motifs is 1. The van der Waals surface area contributed by atoms with Crippen molar-refractivity contribution in [2.24, 2.45) is 5.92 Å². The summed E-state index contributed by atoms with van der Waals surface area (Å²) in [5.41, 5.74) is -0.612. The van der Waals surface area contributed by atoms with E-state index in [-0.39, 0.29) is 5.92 Å². The average molecular weight is 194 g/mol. The molecule has 0 amide bonds. The molecule has 1 aromatic carbocycles. The summed E-state index contributed by atoms with van der Waals surface area (Å²) in [6.07, 6.45) is -1.17. The van der Waals surface area contributed by atoms with Gasteiger partial charge in [-0.25, -0.2) is 0 Å². The van der Waals surface area contributed by atoms with Crippen LogP contribution in [-0.2, 0) is 5.60 Å². The van der Waals surface area contributed by atoms with Crippen LogP contribution >= 0.6 is 0 Å². The number of para-hydroxylation sites is 1. The molecule has 2 atom stereocenters. The maximum Gasteiger partial charge on any atom is 0.231 e. The van der Waals surface area contributed by atoms with Crippen LogP contribution in [0.4, 0.5) is 0 Å². The Morgan fingerprint density at radius 1 is 1.36 bits per heavy atom. The Kier molecular flexibility index (Phi) is 2.01. The Bertz CT molecular complexity index is 348. The number of rotatable bonds is 1. The Morgan fingerprint density at radius 3 is 2.64 bits per heavy atom. The highest BCUT2D eigenvalue weighted by Crippen LogP contribution is 2.44. The van der Waals surface area contributed by atoms with E-state index in [0.717, 1.165) is 0 Å². The quantitative estimate of drug-likeness (QED) is 0.707. The molecule has 2 unspecified atom stereocenters. The van der Waals surface area contributed by atoms with E-state index < -0.39 is 11.9 Å². The molecule has 0 fully saturated rings. The van der Waals surface area contributed by atoms with Crippen LogP contribution in [0.25, 0.3) is 0 Å². The molecule has 0 aromatic heterocycles. The molecule has 1 aliphatic heterocycles. The summed E-state index contributed by atoms with van der Waals surface area (Å²) in [6, 6.07) is 7.18. The van der Waals surface area contributed by atoms with Crippen molar-refractivity contribution in [2.45, 2.75) is 25.7 Å². The van der Waals surface area contributed by atoms with Crippen molar-refractivity contribution in [3.63, 3.8) is 0 Å². The van der Waals surface area contributed by atoms with Crippen LogP contribution in [0, 0.1) is 5.92 Å². The van der Waals surface area contributed by atoms with Crippen LogP contribution in [0.15, 0.2) is 24.3 Å². The van der Waals surface area contributed by atoms with E-state index in [4.69, 9.17) is 4.74 Å². The van der Waals surface area contributed by atoms with Crippen molar-refractivity contribution >= 4 is 0 Å². The molecule has 3 nitrogen and oxygen atoms in total. The van der Waals surface area contributed by atoms with E-state index >= 15 is 0 Å². The van der Waals surface area contributed by atoms with Gasteiger partial charge in [0.2, 0.25) is 6.29 Å². The van der Waals surface area contributed by atoms with Gasteiger partial charge in [-0.2, -0.15) is 0 Å². The van der Waals surface area contributed by atoms with Gasteiger partial charge in [0.05, 0.1) is 0 Å². The summed E-state index contributed by atoms with van der Waals surface area (Å²) in [4.78, 5) is 0. The van der Waals surface area contributed by atoms with Gasteiger partial charge in [0.15, 0.2) is 5.60 Å². The first-order valence-electron chi connectivity index (χ1n) is 4.73. The minimum Gasteiger partial charge on any atom is -0.461 e. The fourth-order valence-corrected chi connectivity index (χ4v) is 1.84. The second-order valence-electron chi connectivity index (χ2n) is 3.95. The molecular formula is C11H14O3. The number of benzene rings is 1. The lowest BCUT2D eigenvalue weighted by molar-refractivity contribution is -0.173. The molecule has 14 heavy (non-hydrogen) atoms. The summed E-state index contributed by atoms with van der Waals surface area (Å²) in [7, 11) is 0. The van der Waals surface area contributed by atoms with Crippen molar-refractivity contribution in [3.8, 4) is 5.75 Å². The molecule has 0 saturated heterocycles. The molecular weight excluding hydrogens is 180 g/mol. The Labute approximate surface area is 83.0 Å². The molecule has 0 bridgehead atoms. The predicted octanol–water partition coefficient (Wildman–Crippen LogP) is 1.24. The maximum atomic E-state index is 10.3. The topological polar surface area (TPSA) is 49.7 Å². The van der Waals surface area contributed by atoms with Crippen molar-refractivity contribution in [1.29, 1.82) is 0 Å². The summed E-state index contributed by atoms with van der Waals surface area (Å²) in [6.45, 7) is 3.71. The largest absolute Gasteiger partial charge is 0.461 e. The Balaban J connectivity index is 2.54. The highest BCUT2D eigenvalue weighted by atomic mass is 16.6. The smallest absolute Gasteiger partial charge is 0.231 e. The van der Waals surface area contributed by atoms with Gasteiger partial charge in [0.25, 0.3) is 0 Å². The van der Waals surface area contributed by atoms with Crippen LogP contribution in [-0.4, -0.2) is 16.5 Å². The van der Waals surface area contributed by atoms with Gasteiger partial charge in [-0.15, -0.1) is 0 Å². The van der Waals surface area contributed by atoms with E-state index in [2.05, 4.69) is 0 Å². The average Bonchev–Trinajstić information content (AvgIpc) is 2.41. The summed E-state index contributed by atoms with van der Waals surface area (Å²) in [5, 5.41) is 20.0. The third-order valence-corrected chi connectivity index (χ3v) is 2.81. The number of ether oxygens (including phenoxy) is 1. The van der Waals surface area contributed by atoms with E-state index in [9.17, 15) is 10.2 Å². The van der Waals surface area contributed by atoms with Crippen LogP contribution in [0.3, 0.4) is 0 Å². The number of hydrogen-bond donors (Lipinski definition) is 2. The van der Waals surface area contributed by atoms with Gasteiger partial charge >= 0.3 is 0 Å². The van der Waals surface area contributed by atoms with E-state index in [1.54, 1.807) is 12.1 Å². The molecule has 0 aliphatic carbocycles. The van der Waals surface area contributed by atoms with E-state index in [1.807, 2.05) is 26.0 Å². The van der Waals surface area contributed by atoms with Gasteiger partial charge in [-0.1, -0.05) is 32.0 Å². The van der Waals surface area contributed by atoms with Gasteiger partial charge < -0.3 is 14.9 Å². The Hall–Kier alpha value is -1.06. The van der Waals surface area contributed by atoms with Gasteiger partial charge in [0, 0.05) is 5.56 Å². The third kappa shape index (κ3) is 1.06. The van der Waals surface area contributed by atoms with Crippen molar-refractivity contribution in [1.82, 2.24) is 0 Å². The lowest BCUT2D eigenvalue weighted by Gasteiger charge is -2.29. The molecule has 0 radical (unpaired) electrons. The van der Waals surface area contributed by atoms with Crippen LogP contribution in [0.5, 0.6) is 5.75 Å². The normalized spacial score (nSPS) is 30.2. The minimum absolute atomic E-state index is 0.0962. The number of hydrogen-bond acceptors (Lipinski definition) is 3. The minimum atomic E-state index is -1.28. The SMILES string of the molecule is CC(C)C1(O)c2ccccc2OC1O. The lowest BCUT2D eigenvalue weighted by Crippen LogP contribution is -2.42. The van der Waals surface area contributed by atoms with Crippen molar-refractivity contribution in [2.75, 3.05) is 0 Å². The fourth-order valence-electron chi connectivity index (χ4n) is 1.84. The zero-order valence-electron chi connectivity index (χ0n) is 8.27. The van der Waals surface area contributed by atoms with Gasteiger partial charge in [0.1, 0.15) is 5.75 Å². The molecule has 1 aromatic rings. The van der Waals surface area contributed by atoms with Crippen molar-refractivity contribution in [3.05, 3.63) is 29.8 Å². The summed E-state index contributed by atoms with van der Waals surface area (Å²) >= 11 is 0. The lowest BCUT2D eigenvalue weighted by atomic mass is 9.84. The van der Waals surface area contributed by atoms with Crippen LogP contribution < -0.4 is 4.74 Å². The van der Waals surface area contributed by atoms with E-state index in [0.29, 0.717) is 11.3 Å². The summed E-state index contributed by atoms with van der Waals surface area (Å²) in [5.74, 6) is 0.470. The zero-order chi connectivity index (χ0) is 10.3. The number of aliphatic hydroxyl groups is 2. The van der Waals surface area contributed by atoms with Crippen LogP contribution in [0.2, 0.25) is 0 Å². The van der Waals surface area contributed by atoms with Crippen LogP contribution in [0.1, 0.15) is 19.4 Å². The highest BCUT2D eigenvalue weighted by Gasteiger charge is 2.49. The fraction of sp³-hybridized carbons (Fsp3) is 0.455. The molecule has 1 heterocycles. The second kappa shape index (κ2) is 2.97. The van der Waals surface area contributed by atoms with Gasteiger partial charge in [-0.05, 0) is 12.0 Å². The molecule has 2 rings (SSSR count).